The van der Waals surface area contributed by atoms with Crippen LogP contribution in [-0.2, 0) is 21.2 Å². The molecule has 1 N–H and O–H groups in total. The highest BCUT2D eigenvalue weighted by Gasteiger charge is 2.28. The number of carbonyl (C=O) groups is 1. The normalized spacial score (nSPS) is 19.3. The SMILES string of the molecule is O=C(NCc1ccccc1)C1CCS(=O)(=O)CC1. The predicted octanol–water partition coefficient (Wildman–Crippen LogP) is 1.13. The van der Waals surface area contributed by atoms with E-state index in [-0.39, 0.29) is 23.3 Å². The van der Waals surface area contributed by atoms with E-state index in [0.717, 1.165) is 5.56 Å². The zero-order valence-corrected chi connectivity index (χ0v) is 10.9. The summed E-state index contributed by atoms with van der Waals surface area (Å²) in [7, 11) is -2.90. The second-order valence-corrected chi connectivity index (χ2v) is 6.93. The van der Waals surface area contributed by atoms with Crippen molar-refractivity contribution in [3.05, 3.63) is 35.9 Å². The zero-order chi connectivity index (χ0) is 13.0. The monoisotopic (exact) mass is 267 g/mol. The predicted molar refractivity (Wildman–Crippen MR) is 69.7 cm³/mol. The molecule has 1 aliphatic heterocycles. The fraction of sp³-hybridized carbons (Fsp3) is 0.462. The molecule has 0 bridgehead atoms. The summed E-state index contributed by atoms with van der Waals surface area (Å²) in [6, 6.07) is 9.68. The minimum Gasteiger partial charge on any atom is -0.352 e. The third-order valence-corrected chi connectivity index (χ3v) is 4.95. The molecule has 1 heterocycles. The molecule has 0 spiro atoms. The van der Waals surface area contributed by atoms with Gasteiger partial charge in [-0.15, -0.1) is 0 Å². The Labute approximate surface area is 107 Å². The summed E-state index contributed by atoms with van der Waals surface area (Å²) < 4.78 is 22.5. The Balaban J connectivity index is 1.83. The van der Waals surface area contributed by atoms with Gasteiger partial charge < -0.3 is 5.32 Å². The summed E-state index contributed by atoms with van der Waals surface area (Å²) >= 11 is 0. The van der Waals surface area contributed by atoms with Gasteiger partial charge in [-0.25, -0.2) is 8.42 Å². The van der Waals surface area contributed by atoms with Crippen molar-refractivity contribution < 1.29 is 13.2 Å². The van der Waals surface area contributed by atoms with Crippen LogP contribution in [0.4, 0.5) is 0 Å². The largest absolute Gasteiger partial charge is 0.352 e. The maximum atomic E-state index is 11.9. The van der Waals surface area contributed by atoms with Crippen molar-refractivity contribution in [2.75, 3.05) is 11.5 Å². The molecule has 0 aliphatic carbocycles. The van der Waals surface area contributed by atoms with E-state index in [9.17, 15) is 13.2 Å². The molecular weight excluding hydrogens is 250 g/mol. The van der Waals surface area contributed by atoms with Crippen LogP contribution in [-0.4, -0.2) is 25.8 Å². The summed E-state index contributed by atoms with van der Waals surface area (Å²) in [5, 5.41) is 2.86. The Kier molecular flexibility index (Phi) is 4.01. The highest BCUT2D eigenvalue weighted by Crippen LogP contribution is 2.18. The van der Waals surface area contributed by atoms with Gasteiger partial charge in [-0.3, -0.25) is 4.79 Å². The fourth-order valence-corrected chi connectivity index (χ4v) is 3.57. The van der Waals surface area contributed by atoms with Crippen molar-refractivity contribution >= 4 is 15.7 Å². The molecular formula is C13H17NO3S. The van der Waals surface area contributed by atoms with Gasteiger partial charge in [0.15, 0.2) is 0 Å². The zero-order valence-electron chi connectivity index (χ0n) is 10.1. The first-order chi connectivity index (χ1) is 8.57. The van der Waals surface area contributed by atoms with Crippen LogP contribution >= 0.6 is 0 Å². The van der Waals surface area contributed by atoms with Crippen molar-refractivity contribution in [2.45, 2.75) is 19.4 Å². The molecule has 1 aromatic carbocycles. The second-order valence-electron chi connectivity index (χ2n) is 4.63. The van der Waals surface area contributed by atoms with Crippen molar-refractivity contribution in [3.8, 4) is 0 Å². The number of sulfone groups is 1. The summed E-state index contributed by atoms with van der Waals surface area (Å²) in [5.41, 5.74) is 1.05. The minimum absolute atomic E-state index is 0.0336. The first-order valence-corrected chi connectivity index (χ1v) is 7.91. The molecule has 4 nitrogen and oxygen atoms in total. The Morgan fingerprint density at radius 1 is 1.17 bits per heavy atom. The van der Waals surface area contributed by atoms with Gasteiger partial charge in [0, 0.05) is 12.5 Å². The van der Waals surface area contributed by atoms with Gasteiger partial charge in [-0.1, -0.05) is 30.3 Å². The number of carbonyl (C=O) groups excluding carboxylic acids is 1. The van der Waals surface area contributed by atoms with E-state index >= 15 is 0 Å². The van der Waals surface area contributed by atoms with Crippen molar-refractivity contribution in [1.29, 1.82) is 0 Å². The van der Waals surface area contributed by atoms with Gasteiger partial charge in [0.05, 0.1) is 11.5 Å². The van der Waals surface area contributed by atoms with Gasteiger partial charge in [0.25, 0.3) is 0 Å². The van der Waals surface area contributed by atoms with Gasteiger partial charge in [0.2, 0.25) is 5.91 Å². The van der Waals surface area contributed by atoms with E-state index in [1.54, 1.807) is 0 Å². The van der Waals surface area contributed by atoms with Crippen molar-refractivity contribution in [2.24, 2.45) is 5.92 Å². The molecule has 5 heteroatoms. The van der Waals surface area contributed by atoms with Gasteiger partial charge in [0.1, 0.15) is 9.84 Å². The Morgan fingerprint density at radius 3 is 2.39 bits per heavy atom. The number of nitrogens with one attached hydrogen (secondary N) is 1. The maximum absolute atomic E-state index is 11.9. The lowest BCUT2D eigenvalue weighted by Gasteiger charge is -2.21. The molecule has 0 aromatic heterocycles. The standard InChI is InChI=1S/C13H17NO3S/c15-13(12-6-8-18(16,17)9-7-12)14-10-11-4-2-1-3-5-11/h1-5,12H,6-10H2,(H,14,15). The van der Waals surface area contributed by atoms with Gasteiger partial charge in [-0.2, -0.15) is 0 Å². The molecule has 2 rings (SSSR count). The lowest BCUT2D eigenvalue weighted by molar-refractivity contribution is -0.125. The second kappa shape index (κ2) is 5.52. The van der Waals surface area contributed by atoms with E-state index in [2.05, 4.69) is 5.32 Å². The van der Waals surface area contributed by atoms with Crippen LogP contribution in [0.5, 0.6) is 0 Å². The molecule has 1 aliphatic rings. The highest BCUT2D eigenvalue weighted by atomic mass is 32.2. The van der Waals surface area contributed by atoms with Crippen LogP contribution in [0.25, 0.3) is 0 Å². The maximum Gasteiger partial charge on any atom is 0.223 e. The molecule has 18 heavy (non-hydrogen) atoms. The average molecular weight is 267 g/mol. The number of benzene rings is 1. The highest BCUT2D eigenvalue weighted by molar-refractivity contribution is 7.91. The molecule has 0 atom stereocenters. The van der Waals surface area contributed by atoms with Crippen molar-refractivity contribution in [3.63, 3.8) is 0 Å². The van der Waals surface area contributed by atoms with Crippen molar-refractivity contribution in [1.82, 2.24) is 5.32 Å². The van der Waals surface area contributed by atoms with E-state index in [1.165, 1.54) is 0 Å². The molecule has 98 valence electrons. The molecule has 1 amide bonds. The topological polar surface area (TPSA) is 63.2 Å². The lowest BCUT2D eigenvalue weighted by atomic mass is 10.0. The number of rotatable bonds is 3. The fourth-order valence-electron chi connectivity index (χ4n) is 2.08. The Hall–Kier alpha value is -1.36. The van der Waals surface area contributed by atoms with E-state index < -0.39 is 9.84 Å². The molecule has 0 unspecified atom stereocenters. The summed E-state index contributed by atoms with van der Waals surface area (Å²) in [6.07, 6.45) is 0.895. The Bertz CT molecular complexity index is 496. The van der Waals surface area contributed by atoms with E-state index in [4.69, 9.17) is 0 Å². The summed E-state index contributed by atoms with van der Waals surface area (Å²) in [5.74, 6) is 0.0818. The average Bonchev–Trinajstić information content (AvgIpc) is 2.37. The van der Waals surface area contributed by atoms with E-state index in [1.807, 2.05) is 30.3 Å². The number of hydrogen-bond donors (Lipinski definition) is 1. The van der Waals surface area contributed by atoms with E-state index in [0.29, 0.717) is 19.4 Å². The molecule has 1 fully saturated rings. The van der Waals surface area contributed by atoms with Gasteiger partial charge >= 0.3 is 0 Å². The van der Waals surface area contributed by atoms with Crippen LogP contribution in [0.2, 0.25) is 0 Å². The van der Waals surface area contributed by atoms with Gasteiger partial charge in [-0.05, 0) is 18.4 Å². The quantitative estimate of drug-likeness (QED) is 0.893. The Morgan fingerprint density at radius 2 is 1.78 bits per heavy atom. The van der Waals surface area contributed by atoms with Crippen LogP contribution in [0.3, 0.4) is 0 Å². The molecule has 1 saturated heterocycles. The van der Waals surface area contributed by atoms with Crippen LogP contribution in [0.1, 0.15) is 18.4 Å². The molecule has 0 radical (unpaired) electrons. The third-order valence-electron chi connectivity index (χ3n) is 3.23. The minimum atomic E-state index is -2.90. The first-order valence-electron chi connectivity index (χ1n) is 6.09. The molecule has 1 aromatic rings. The number of hydrogen-bond acceptors (Lipinski definition) is 3. The summed E-state index contributed by atoms with van der Waals surface area (Å²) in [4.78, 5) is 11.9. The number of amides is 1. The molecule has 0 saturated carbocycles. The summed E-state index contributed by atoms with van der Waals surface area (Å²) in [6.45, 7) is 0.503. The first kappa shape index (κ1) is 13.1. The van der Waals surface area contributed by atoms with Crippen LogP contribution in [0, 0.1) is 5.92 Å². The lowest BCUT2D eigenvalue weighted by Crippen LogP contribution is -2.35. The third kappa shape index (κ3) is 3.57. The van der Waals surface area contributed by atoms with Crippen LogP contribution in [0.15, 0.2) is 30.3 Å². The van der Waals surface area contributed by atoms with Crippen LogP contribution < -0.4 is 5.32 Å². The smallest absolute Gasteiger partial charge is 0.223 e.